The summed E-state index contributed by atoms with van der Waals surface area (Å²) in [6.45, 7) is 11.0. The average molecular weight is 193 g/mol. The van der Waals surface area contributed by atoms with Crippen LogP contribution in [0.5, 0.6) is 0 Å². The highest BCUT2D eigenvalue weighted by Crippen LogP contribution is 2.14. The molecule has 0 aliphatic carbocycles. The average Bonchev–Trinajstić information content (AvgIpc) is 2.76. The topological polar surface area (TPSA) is 12.0 Å². The third kappa shape index (κ3) is 4.43. The predicted molar refractivity (Wildman–Crippen MR) is 65.5 cm³/mol. The van der Waals surface area contributed by atoms with Crippen LogP contribution in [0.4, 0.5) is 0 Å². The van der Waals surface area contributed by atoms with E-state index in [4.69, 9.17) is 0 Å². The van der Waals surface area contributed by atoms with Crippen LogP contribution < -0.4 is 5.32 Å². The summed E-state index contributed by atoms with van der Waals surface area (Å²) < 4.78 is 0. The molecule has 0 aromatic carbocycles. The van der Waals surface area contributed by atoms with Crippen LogP contribution in [-0.2, 0) is 0 Å². The Kier molecular flexibility index (Phi) is 8.25. The molecule has 1 fully saturated rings. The maximum atomic E-state index is 3.82. The van der Waals surface area contributed by atoms with Crippen molar-refractivity contribution in [1.29, 1.82) is 0 Å². The van der Waals surface area contributed by atoms with E-state index < -0.39 is 0 Å². The zero-order valence-corrected chi connectivity index (χ0v) is 9.72. The van der Waals surface area contributed by atoms with Gasteiger partial charge in [0.15, 0.2) is 0 Å². The van der Waals surface area contributed by atoms with Crippen molar-refractivity contribution in [2.24, 2.45) is 0 Å². The van der Waals surface area contributed by atoms with E-state index in [1.54, 1.807) is 0 Å². The Balaban J connectivity index is 0.000000791. The maximum absolute atomic E-state index is 3.82. The zero-order chi connectivity index (χ0) is 10.8. The lowest BCUT2D eigenvalue weighted by molar-refractivity contribution is 0.703. The Morgan fingerprint density at radius 1 is 1.43 bits per heavy atom. The van der Waals surface area contributed by atoms with Gasteiger partial charge < -0.3 is 5.32 Å². The number of hydrogen-bond acceptors (Lipinski definition) is 1. The van der Waals surface area contributed by atoms with E-state index in [2.05, 4.69) is 24.0 Å². The molecule has 0 bridgehead atoms. The molecule has 0 radical (unpaired) electrons. The van der Waals surface area contributed by atoms with Crippen molar-refractivity contribution in [2.45, 2.75) is 39.7 Å². The van der Waals surface area contributed by atoms with Gasteiger partial charge in [0.25, 0.3) is 0 Å². The number of hydrogen-bond donors (Lipinski definition) is 1. The highest BCUT2D eigenvalue weighted by atomic mass is 14.9. The molecule has 1 unspecified atom stereocenters. The molecule has 80 valence electrons. The summed E-state index contributed by atoms with van der Waals surface area (Å²) in [5.74, 6) is 0. The predicted octanol–water partition coefficient (Wildman–Crippen LogP) is 3.45. The Hall–Kier alpha value is -0.820. The number of nitrogens with one attached hydrogen (secondary N) is 1. The van der Waals surface area contributed by atoms with E-state index >= 15 is 0 Å². The molecule has 0 spiro atoms. The van der Waals surface area contributed by atoms with E-state index in [-0.39, 0.29) is 0 Å². The minimum Gasteiger partial charge on any atom is -0.310 e. The third-order valence-electron chi connectivity index (χ3n) is 2.18. The van der Waals surface area contributed by atoms with Crippen molar-refractivity contribution in [3.63, 3.8) is 0 Å². The summed E-state index contributed by atoms with van der Waals surface area (Å²) in [6.07, 6.45) is 10.7. The Bertz CT molecular complexity index is 195. The Morgan fingerprint density at radius 3 is 2.57 bits per heavy atom. The van der Waals surface area contributed by atoms with Crippen molar-refractivity contribution < 1.29 is 0 Å². The van der Waals surface area contributed by atoms with E-state index in [0.717, 1.165) is 6.54 Å². The second-order valence-electron chi connectivity index (χ2n) is 3.05. The van der Waals surface area contributed by atoms with Crippen LogP contribution in [0.2, 0.25) is 0 Å². The summed E-state index contributed by atoms with van der Waals surface area (Å²) in [4.78, 5) is 0. The zero-order valence-electron chi connectivity index (χ0n) is 9.72. The molecule has 1 N–H and O–H groups in total. The smallest absolute Gasteiger partial charge is 0.0320 e. The molecule has 1 heteroatoms. The van der Waals surface area contributed by atoms with E-state index in [9.17, 15) is 0 Å². The van der Waals surface area contributed by atoms with E-state index in [0.29, 0.717) is 6.04 Å². The van der Waals surface area contributed by atoms with Crippen molar-refractivity contribution in [2.75, 3.05) is 6.54 Å². The molecular weight excluding hydrogens is 170 g/mol. The summed E-state index contributed by atoms with van der Waals surface area (Å²) in [5, 5.41) is 3.44. The fraction of sp³-hybridized carbons (Fsp3) is 0.538. The molecular formula is C13H23N. The first-order valence-electron chi connectivity index (χ1n) is 5.57. The SMILES string of the molecule is C=C/C(=C\C=C/C)C1CCCN1.CC. The van der Waals surface area contributed by atoms with Crippen LogP contribution in [0.1, 0.15) is 33.6 Å². The highest BCUT2D eigenvalue weighted by Gasteiger charge is 2.15. The molecule has 14 heavy (non-hydrogen) atoms. The van der Waals surface area contributed by atoms with Gasteiger partial charge >= 0.3 is 0 Å². The highest BCUT2D eigenvalue weighted by molar-refractivity contribution is 5.27. The minimum absolute atomic E-state index is 0.540. The summed E-state index contributed by atoms with van der Waals surface area (Å²) in [6, 6.07) is 0.540. The van der Waals surface area contributed by atoms with Crippen molar-refractivity contribution in [3.05, 3.63) is 36.5 Å². The summed E-state index contributed by atoms with van der Waals surface area (Å²) >= 11 is 0. The first-order chi connectivity index (χ1) is 6.88. The lowest BCUT2D eigenvalue weighted by Crippen LogP contribution is -2.22. The van der Waals surface area contributed by atoms with Gasteiger partial charge in [-0.3, -0.25) is 0 Å². The molecule has 0 saturated carbocycles. The fourth-order valence-corrected chi connectivity index (χ4v) is 1.50. The van der Waals surface area contributed by atoms with Crippen LogP contribution >= 0.6 is 0 Å². The molecule has 0 amide bonds. The van der Waals surface area contributed by atoms with Gasteiger partial charge in [0.05, 0.1) is 0 Å². The molecule has 1 atom stereocenters. The fourth-order valence-electron chi connectivity index (χ4n) is 1.50. The first-order valence-corrected chi connectivity index (χ1v) is 5.57. The lowest BCUT2D eigenvalue weighted by atomic mass is 10.1. The van der Waals surface area contributed by atoms with E-state index in [1.165, 1.54) is 18.4 Å². The summed E-state index contributed by atoms with van der Waals surface area (Å²) in [7, 11) is 0. The molecule has 1 aliphatic rings. The quantitative estimate of drug-likeness (QED) is 0.677. The van der Waals surface area contributed by atoms with Gasteiger partial charge in [0.1, 0.15) is 0 Å². The van der Waals surface area contributed by atoms with Crippen molar-refractivity contribution in [1.82, 2.24) is 5.32 Å². The van der Waals surface area contributed by atoms with Crippen molar-refractivity contribution >= 4 is 0 Å². The van der Waals surface area contributed by atoms with Gasteiger partial charge in [-0.1, -0.05) is 44.7 Å². The molecule has 0 aromatic rings. The van der Waals surface area contributed by atoms with Crippen LogP contribution in [0.15, 0.2) is 36.5 Å². The first kappa shape index (κ1) is 13.2. The Labute approximate surface area is 88.6 Å². The van der Waals surface area contributed by atoms with Crippen LogP contribution in [0, 0.1) is 0 Å². The standard InChI is InChI=1S/C11H17N.C2H6/c1-3-5-7-10(4-2)11-8-6-9-12-11;1-2/h3-5,7,11-12H,2,6,8-9H2,1H3;1-2H3/b5-3-,10-7+;. The minimum atomic E-state index is 0.540. The molecule has 0 aromatic heterocycles. The van der Waals surface area contributed by atoms with Gasteiger partial charge in [0, 0.05) is 6.04 Å². The lowest BCUT2D eigenvalue weighted by Gasteiger charge is -2.09. The third-order valence-corrected chi connectivity index (χ3v) is 2.18. The van der Waals surface area contributed by atoms with Gasteiger partial charge in [-0.15, -0.1) is 0 Å². The molecule has 1 saturated heterocycles. The second kappa shape index (κ2) is 8.76. The van der Waals surface area contributed by atoms with Gasteiger partial charge in [0.2, 0.25) is 0 Å². The second-order valence-corrected chi connectivity index (χ2v) is 3.05. The molecule has 1 nitrogen and oxygen atoms in total. The molecule has 1 rings (SSSR count). The van der Waals surface area contributed by atoms with Gasteiger partial charge in [-0.2, -0.15) is 0 Å². The monoisotopic (exact) mass is 193 g/mol. The van der Waals surface area contributed by atoms with Crippen LogP contribution in [0.25, 0.3) is 0 Å². The number of rotatable bonds is 3. The Morgan fingerprint density at radius 2 is 2.14 bits per heavy atom. The normalized spacial score (nSPS) is 21.9. The maximum Gasteiger partial charge on any atom is 0.0320 e. The van der Waals surface area contributed by atoms with Crippen LogP contribution in [-0.4, -0.2) is 12.6 Å². The number of allylic oxidation sites excluding steroid dienone is 3. The summed E-state index contributed by atoms with van der Waals surface area (Å²) in [5.41, 5.74) is 1.31. The molecule has 1 aliphatic heterocycles. The van der Waals surface area contributed by atoms with E-state index in [1.807, 2.05) is 32.9 Å². The van der Waals surface area contributed by atoms with Gasteiger partial charge in [-0.25, -0.2) is 0 Å². The van der Waals surface area contributed by atoms with Gasteiger partial charge in [-0.05, 0) is 31.9 Å². The van der Waals surface area contributed by atoms with Crippen molar-refractivity contribution in [3.8, 4) is 0 Å². The largest absolute Gasteiger partial charge is 0.310 e. The van der Waals surface area contributed by atoms with Crippen LogP contribution in [0.3, 0.4) is 0 Å². The molecule has 1 heterocycles.